The Labute approximate surface area is 164 Å². The Bertz CT molecular complexity index is 1070. The molecule has 1 aromatic heterocycles. The average molecular weight is 398 g/mol. The number of anilines is 1. The number of nitrogens with zero attached hydrogens (tertiary/aromatic N) is 1. The number of rotatable bonds is 7. The molecule has 3 aromatic rings. The van der Waals surface area contributed by atoms with Crippen LogP contribution in [0.1, 0.15) is 25.3 Å². The topological polar surface area (TPSA) is 81.4 Å². The summed E-state index contributed by atoms with van der Waals surface area (Å²) in [5.41, 5.74) is 1.68. The zero-order valence-electron chi connectivity index (χ0n) is 15.8. The van der Waals surface area contributed by atoms with E-state index in [1.54, 1.807) is 36.4 Å². The van der Waals surface area contributed by atoms with E-state index in [0.717, 1.165) is 24.2 Å². The molecule has 0 saturated heterocycles. The number of benzene rings is 2. The summed E-state index contributed by atoms with van der Waals surface area (Å²) in [6.45, 7) is 4.41. The van der Waals surface area contributed by atoms with E-state index in [1.807, 2.05) is 26.0 Å². The maximum absolute atomic E-state index is 13.2. The first kappa shape index (κ1) is 18.6. The molecule has 7 heteroatoms. The molecule has 146 valence electrons. The van der Waals surface area contributed by atoms with Crippen LogP contribution in [0.3, 0.4) is 0 Å². The Balaban J connectivity index is 1.74. The van der Waals surface area contributed by atoms with Crippen LogP contribution in [0.4, 0.5) is 5.88 Å². The number of hydrogen-bond donors (Lipinski definition) is 1. The molecule has 1 saturated carbocycles. The number of aromatic nitrogens is 1. The fourth-order valence-electron chi connectivity index (χ4n) is 2.81. The molecule has 1 fully saturated rings. The molecule has 28 heavy (non-hydrogen) atoms. The molecule has 0 atom stereocenters. The Morgan fingerprint density at radius 2 is 1.79 bits per heavy atom. The summed E-state index contributed by atoms with van der Waals surface area (Å²) in [7, 11) is -3.80. The maximum atomic E-state index is 13.2. The smallest absolute Gasteiger partial charge is 0.234 e. The molecular formula is C21H22N2O4S. The minimum Gasteiger partial charge on any atom is -0.494 e. The van der Waals surface area contributed by atoms with Gasteiger partial charge in [-0.15, -0.1) is 0 Å². The quantitative estimate of drug-likeness (QED) is 0.633. The van der Waals surface area contributed by atoms with Crippen molar-refractivity contribution in [3.05, 3.63) is 54.1 Å². The van der Waals surface area contributed by atoms with Crippen molar-refractivity contribution in [3.63, 3.8) is 0 Å². The van der Waals surface area contributed by atoms with Crippen molar-refractivity contribution in [1.29, 1.82) is 0 Å². The van der Waals surface area contributed by atoms with Gasteiger partial charge in [-0.1, -0.05) is 17.7 Å². The van der Waals surface area contributed by atoms with Gasteiger partial charge in [-0.2, -0.15) is 4.98 Å². The summed E-state index contributed by atoms with van der Waals surface area (Å²) in [4.78, 5) is 4.55. The predicted octanol–water partition coefficient (Wildman–Crippen LogP) is 4.46. The second kappa shape index (κ2) is 7.31. The van der Waals surface area contributed by atoms with Gasteiger partial charge >= 0.3 is 0 Å². The van der Waals surface area contributed by atoms with E-state index in [-0.39, 0.29) is 27.7 Å². The highest BCUT2D eigenvalue weighted by Crippen LogP contribution is 2.35. The maximum Gasteiger partial charge on any atom is 0.234 e. The molecule has 6 nitrogen and oxygen atoms in total. The minimum atomic E-state index is -3.80. The third kappa shape index (κ3) is 3.75. The van der Waals surface area contributed by atoms with Crippen LogP contribution < -0.4 is 10.1 Å². The standard InChI is InChI=1S/C21H22N2O4S/c1-3-26-17-10-6-15(7-11-17)19-23-21(20(27-19)22-16-8-9-16)28(24,25)18-12-4-14(2)5-13-18/h4-7,10-13,16,22H,3,8-9H2,1-2H3. The van der Waals surface area contributed by atoms with Gasteiger partial charge in [0.05, 0.1) is 11.5 Å². The lowest BCUT2D eigenvalue weighted by Crippen LogP contribution is -2.08. The Kier molecular flexibility index (Phi) is 4.85. The van der Waals surface area contributed by atoms with E-state index >= 15 is 0 Å². The second-order valence-corrected chi connectivity index (χ2v) is 8.71. The van der Waals surface area contributed by atoms with Crippen molar-refractivity contribution in [2.24, 2.45) is 0 Å². The molecule has 0 bridgehead atoms. The van der Waals surface area contributed by atoms with Crippen molar-refractivity contribution < 1.29 is 17.6 Å². The third-order valence-electron chi connectivity index (χ3n) is 4.51. The number of ether oxygens (including phenoxy) is 1. The highest BCUT2D eigenvalue weighted by Gasteiger charge is 2.32. The lowest BCUT2D eigenvalue weighted by molar-refractivity contribution is 0.340. The molecule has 0 aliphatic heterocycles. The molecule has 0 amide bonds. The van der Waals surface area contributed by atoms with Gasteiger partial charge in [0.2, 0.25) is 26.6 Å². The van der Waals surface area contributed by atoms with Crippen LogP contribution in [0.15, 0.2) is 62.9 Å². The van der Waals surface area contributed by atoms with Gasteiger partial charge in [0.15, 0.2) is 0 Å². The lowest BCUT2D eigenvalue weighted by atomic mass is 10.2. The van der Waals surface area contributed by atoms with E-state index in [0.29, 0.717) is 12.2 Å². The van der Waals surface area contributed by atoms with Gasteiger partial charge in [-0.3, -0.25) is 0 Å². The summed E-state index contributed by atoms with van der Waals surface area (Å²) >= 11 is 0. The van der Waals surface area contributed by atoms with Crippen LogP contribution in [-0.2, 0) is 9.84 Å². The van der Waals surface area contributed by atoms with Crippen molar-refractivity contribution in [2.45, 2.75) is 42.7 Å². The molecule has 1 aliphatic carbocycles. The highest BCUT2D eigenvalue weighted by atomic mass is 32.2. The predicted molar refractivity (Wildman–Crippen MR) is 106 cm³/mol. The first-order valence-electron chi connectivity index (χ1n) is 9.29. The van der Waals surface area contributed by atoms with Crippen LogP contribution in [0.2, 0.25) is 0 Å². The summed E-state index contributed by atoms with van der Waals surface area (Å²) in [5.74, 6) is 1.20. The average Bonchev–Trinajstić information content (AvgIpc) is 3.39. The van der Waals surface area contributed by atoms with Crippen molar-refractivity contribution in [2.75, 3.05) is 11.9 Å². The van der Waals surface area contributed by atoms with Crippen molar-refractivity contribution in [1.82, 2.24) is 4.98 Å². The summed E-state index contributed by atoms with van der Waals surface area (Å²) < 4.78 is 37.6. The number of aryl methyl sites for hydroxylation is 1. The zero-order chi connectivity index (χ0) is 19.7. The molecule has 4 rings (SSSR count). The van der Waals surface area contributed by atoms with Gasteiger partial charge < -0.3 is 14.5 Å². The first-order valence-corrected chi connectivity index (χ1v) is 10.8. The second-order valence-electron chi connectivity index (χ2n) is 6.85. The molecule has 1 N–H and O–H groups in total. The normalized spacial score (nSPS) is 14.1. The van der Waals surface area contributed by atoms with E-state index < -0.39 is 9.84 Å². The van der Waals surface area contributed by atoms with Crippen LogP contribution in [0.5, 0.6) is 5.75 Å². The molecule has 1 heterocycles. The van der Waals surface area contributed by atoms with Crippen LogP contribution >= 0.6 is 0 Å². The van der Waals surface area contributed by atoms with E-state index in [1.165, 1.54) is 0 Å². The third-order valence-corrected chi connectivity index (χ3v) is 6.19. The number of hydrogen-bond acceptors (Lipinski definition) is 6. The first-order chi connectivity index (χ1) is 13.5. The van der Waals surface area contributed by atoms with Gasteiger partial charge in [0, 0.05) is 11.6 Å². The molecule has 1 aliphatic rings. The Morgan fingerprint density at radius 3 is 2.39 bits per heavy atom. The fraction of sp³-hybridized carbons (Fsp3) is 0.286. The number of oxazole rings is 1. The minimum absolute atomic E-state index is 0.0767. The molecule has 0 unspecified atom stereocenters. The van der Waals surface area contributed by atoms with Gasteiger partial charge in [0.1, 0.15) is 5.75 Å². The summed E-state index contributed by atoms with van der Waals surface area (Å²) in [6, 6.07) is 14.2. The fourth-order valence-corrected chi connectivity index (χ4v) is 4.07. The summed E-state index contributed by atoms with van der Waals surface area (Å²) in [6.07, 6.45) is 1.98. The van der Waals surface area contributed by atoms with Crippen LogP contribution in [0, 0.1) is 6.92 Å². The summed E-state index contributed by atoms with van der Waals surface area (Å²) in [5, 5.41) is 3.08. The SMILES string of the molecule is CCOc1ccc(-c2nc(S(=O)(=O)c3ccc(C)cc3)c(NC3CC3)o2)cc1. The van der Waals surface area contributed by atoms with Gasteiger partial charge in [-0.25, -0.2) is 8.42 Å². The molecule has 0 spiro atoms. The zero-order valence-corrected chi connectivity index (χ0v) is 16.6. The van der Waals surface area contributed by atoms with Crippen LogP contribution in [0.25, 0.3) is 11.5 Å². The lowest BCUT2D eigenvalue weighted by Gasteiger charge is -2.05. The number of sulfone groups is 1. The number of nitrogens with one attached hydrogen (secondary N) is 1. The Hall–Kier alpha value is -2.80. The van der Waals surface area contributed by atoms with E-state index in [4.69, 9.17) is 9.15 Å². The van der Waals surface area contributed by atoms with Crippen molar-refractivity contribution in [3.8, 4) is 17.2 Å². The van der Waals surface area contributed by atoms with E-state index in [9.17, 15) is 8.42 Å². The highest BCUT2D eigenvalue weighted by molar-refractivity contribution is 7.91. The van der Waals surface area contributed by atoms with Gasteiger partial charge in [-0.05, 0) is 63.1 Å². The molecular weight excluding hydrogens is 376 g/mol. The van der Waals surface area contributed by atoms with Crippen LogP contribution in [-0.4, -0.2) is 26.1 Å². The van der Waals surface area contributed by atoms with Gasteiger partial charge in [0.25, 0.3) is 0 Å². The molecule has 0 radical (unpaired) electrons. The van der Waals surface area contributed by atoms with Crippen molar-refractivity contribution >= 4 is 15.7 Å². The Morgan fingerprint density at radius 1 is 1.11 bits per heavy atom. The molecule has 2 aromatic carbocycles. The monoisotopic (exact) mass is 398 g/mol. The largest absolute Gasteiger partial charge is 0.494 e. The van der Waals surface area contributed by atoms with E-state index in [2.05, 4.69) is 10.3 Å².